The lowest BCUT2D eigenvalue weighted by atomic mass is 10.1. The third kappa shape index (κ3) is 7.03. The first kappa shape index (κ1) is 36.0. The number of carbonyl (C=O) groups excluding carboxylic acids is 3. The number of nitrogens with one attached hydrogen (secondary N) is 2. The summed E-state index contributed by atoms with van der Waals surface area (Å²) in [6.45, 7) is -0.00313. The van der Waals surface area contributed by atoms with Gasteiger partial charge in [0.05, 0.1) is 17.4 Å². The third-order valence-electron chi connectivity index (χ3n) is 10.7. The number of alkyl halides is 3. The predicted octanol–water partition coefficient (Wildman–Crippen LogP) is 5.80. The molecule has 4 aliphatic rings. The van der Waals surface area contributed by atoms with Crippen molar-refractivity contribution in [3.05, 3.63) is 66.2 Å². The number of ether oxygens (including phenoxy) is 1. The molecule has 0 bridgehead atoms. The van der Waals surface area contributed by atoms with Crippen molar-refractivity contribution in [1.82, 2.24) is 24.9 Å². The number of benzene rings is 2. The van der Waals surface area contributed by atoms with Gasteiger partial charge in [-0.2, -0.15) is 18.2 Å². The number of nitrogens with zero attached hydrogens (tertiary/aromatic N) is 3. The second kappa shape index (κ2) is 13.7. The van der Waals surface area contributed by atoms with Gasteiger partial charge in [-0.3, -0.25) is 19.1 Å². The van der Waals surface area contributed by atoms with Gasteiger partial charge < -0.3 is 19.4 Å². The zero-order valence-corrected chi connectivity index (χ0v) is 29.9. The molecule has 4 aromatic rings. The van der Waals surface area contributed by atoms with Gasteiger partial charge in [0, 0.05) is 29.7 Å². The normalized spacial score (nSPS) is 26.0. The van der Waals surface area contributed by atoms with Crippen LogP contribution in [-0.2, 0) is 30.6 Å². The van der Waals surface area contributed by atoms with Crippen LogP contribution >= 0.6 is 0 Å². The predicted molar refractivity (Wildman–Crippen MR) is 190 cm³/mol. The highest BCUT2D eigenvalue weighted by Crippen LogP contribution is 2.46. The first-order valence-electron chi connectivity index (χ1n) is 18.2. The van der Waals surface area contributed by atoms with Crippen molar-refractivity contribution in [1.29, 1.82) is 0 Å². The van der Waals surface area contributed by atoms with E-state index in [9.17, 15) is 36.0 Å². The number of amides is 3. The smallest absolute Gasteiger partial charge is 0.416 e. The van der Waals surface area contributed by atoms with Gasteiger partial charge in [0.2, 0.25) is 27.4 Å². The quantitative estimate of drug-likeness (QED) is 0.231. The molecule has 2 aliphatic heterocycles. The van der Waals surface area contributed by atoms with E-state index in [0.29, 0.717) is 41.3 Å². The summed E-state index contributed by atoms with van der Waals surface area (Å²) < 4.78 is 80.3. The molecule has 0 spiro atoms. The molecule has 3 amide bonds. The Hall–Kier alpha value is -4.99. The zero-order valence-electron chi connectivity index (χ0n) is 29.1. The van der Waals surface area contributed by atoms with Crippen molar-refractivity contribution in [2.75, 3.05) is 6.54 Å². The zero-order chi connectivity index (χ0) is 37.8. The minimum atomic E-state index is -4.53. The van der Waals surface area contributed by atoms with Crippen LogP contribution in [0.25, 0.3) is 33.5 Å². The van der Waals surface area contributed by atoms with Crippen molar-refractivity contribution in [2.45, 2.75) is 93.3 Å². The van der Waals surface area contributed by atoms with Gasteiger partial charge >= 0.3 is 6.18 Å². The first-order chi connectivity index (χ1) is 25.8. The van der Waals surface area contributed by atoms with E-state index in [2.05, 4.69) is 20.0 Å². The molecule has 8 rings (SSSR count). The number of sulfonamides is 1. The summed E-state index contributed by atoms with van der Waals surface area (Å²) in [5, 5.41) is 2.84. The van der Waals surface area contributed by atoms with Crippen LogP contribution in [-0.4, -0.2) is 70.5 Å². The molecule has 2 aromatic heterocycles. The van der Waals surface area contributed by atoms with Gasteiger partial charge in [-0.05, 0) is 62.8 Å². The molecule has 3 fully saturated rings. The number of carbonyl (C=O) groups is 3. The first-order valence-corrected chi connectivity index (χ1v) is 19.7. The number of fused-ring (bicyclic) bond motifs is 5. The fourth-order valence-corrected chi connectivity index (χ4v) is 8.77. The van der Waals surface area contributed by atoms with Crippen LogP contribution in [0, 0.1) is 5.92 Å². The average molecular weight is 766 g/mol. The number of halogens is 3. The second-order valence-corrected chi connectivity index (χ2v) is 16.5. The number of rotatable bonds is 6. The fourth-order valence-electron chi connectivity index (χ4n) is 7.41. The Morgan fingerprint density at radius 2 is 1.78 bits per heavy atom. The minimum absolute atomic E-state index is 0.00313. The van der Waals surface area contributed by atoms with Crippen LogP contribution < -0.4 is 14.8 Å². The Bertz CT molecular complexity index is 2270. The van der Waals surface area contributed by atoms with Gasteiger partial charge in [0.25, 0.3) is 11.8 Å². The SMILES string of the molecule is O=C1N[C@]2(C(=O)NS(=O)(=O)C3CC3)C[C@@H]2/C=C\CCCCCCC(=O)N2C[C@H](Oc3nc(-c4ccc(C(F)(F)F)cc4)nc4c3oc3ccccc34)C[C@@H]12. The molecule has 2 aliphatic carbocycles. The second-order valence-electron chi connectivity index (χ2n) is 14.6. The van der Waals surface area contributed by atoms with Gasteiger partial charge in [-0.25, -0.2) is 13.4 Å². The molecule has 4 heterocycles. The minimum Gasteiger partial charge on any atom is -0.470 e. The van der Waals surface area contributed by atoms with E-state index in [0.717, 1.165) is 37.8 Å². The van der Waals surface area contributed by atoms with E-state index in [1.165, 1.54) is 17.0 Å². The van der Waals surface area contributed by atoms with E-state index in [1.54, 1.807) is 24.3 Å². The van der Waals surface area contributed by atoms with Crippen LogP contribution in [0.1, 0.15) is 69.8 Å². The molecular formula is C38H38F3N5O7S. The van der Waals surface area contributed by atoms with Crippen LogP contribution in [0.4, 0.5) is 13.2 Å². The molecule has 2 N–H and O–H groups in total. The molecule has 16 heteroatoms. The highest BCUT2D eigenvalue weighted by atomic mass is 32.2. The largest absolute Gasteiger partial charge is 0.470 e. The number of furan rings is 1. The molecule has 0 radical (unpaired) electrons. The van der Waals surface area contributed by atoms with E-state index in [-0.39, 0.29) is 49.0 Å². The Labute approximate surface area is 308 Å². The molecule has 284 valence electrons. The van der Waals surface area contributed by atoms with Gasteiger partial charge in [-0.15, -0.1) is 0 Å². The van der Waals surface area contributed by atoms with E-state index in [4.69, 9.17) is 9.15 Å². The van der Waals surface area contributed by atoms with Crippen molar-refractivity contribution in [3.63, 3.8) is 0 Å². The maximum atomic E-state index is 14.2. The number of hydrogen-bond donors (Lipinski definition) is 2. The van der Waals surface area contributed by atoms with E-state index < -0.39 is 62.4 Å². The van der Waals surface area contributed by atoms with Gasteiger partial charge in [0.15, 0.2) is 5.82 Å². The van der Waals surface area contributed by atoms with Crippen molar-refractivity contribution < 1.29 is 45.1 Å². The standard InChI is InChI=1S/C38H38F3N5O7S/c39-38(40,41)23-15-13-22(14-16-23)33-42-31-27-10-7-8-11-29(27)53-32(31)35(43-33)52-25-19-28-34(48)44-37(36(49)45-54(50,51)26-17-18-26)20-24(37)9-5-3-1-2-4-6-12-30(47)46(28)21-25/h5,7-11,13-16,24-26,28H,1-4,6,12,17-21H2,(H,44,48)(H,45,49)/b9-5-/t24-,25+,28-,37+/m0/s1. The highest BCUT2D eigenvalue weighted by molar-refractivity contribution is 7.91. The molecule has 2 saturated carbocycles. The maximum Gasteiger partial charge on any atom is 0.416 e. The number of para-hydroxylation sites is 1. The lowest BCUT2D eigenvalue weighted by molar-refractivity contribution is -0.139. The van der Waals surface area contributed by atoms with Crippen molar-refractivity contribution in [3.8, 4) is 17.3 Å². The Kier molecular flexibility index (Phi) is 9.13. The Morgan fingerprint density at radius 1 is 1.02 bits per heavy atom. The van der Waals surface area contributed by atoms with Crippen LogP contribution in [0.3, 0.4) is 0 Å². The van der Waals surface area contributed by atoms with Gasteiger partial charge in [-0.1, -0.05) is 49.3 Å². The summed E-state index contributed by atoms with van der Waals surface area (Å²) in [5.41, 5.74) is -0.986. The lowest BCUT2D eigenvalue weighted by Gasteiger charge is -2.26. The van der Waals surface area contributed by atoms with Crippen LogP contribution in [0.15, 0.2) is 65.1 Å². The highest BCUT2D eigenvalue weighted by Gasteiger charge is 2.62. The summed E-state index contributed by atoms with van der Waals surface area (Å²) in [4.78, 5) is 52.1. The third-order valence-corrected chi connectivity index (χ3v) is 12.5. The summed E-state index contributed by atoms with van der Waals surface area (Å²) in [6, 6.07) is 10.5. The molecule has 1 saturated heterocycles. The van der Waals surface area contributed by atoms with E-state index in [1.807, 2.05) is 12.2 Å². The molecule has 4 atom stereocenters. The number of aromatic nitrogens is 2. The molecule has 54 heavy (non-hydrogen) atoms. The lowest BCUT2D eigenvalue weighted by Crippen LogP contribution is -2.56. The number of hydrogen-bond acceptors (Lipinski definition) is 9. The van der Waals surface area contributed by atoms with Crippen molar-refractivity contribution in [2.24, 2.45) is 5.92 Å². The van der Waals surface area contributed by atoms with Crippen LogP contribution in [0.2, 0.25) is 0 Å². The molecule has 2 aromatic carbocycles. The molecule has 0 unspecified atom stereocenters. The monoisotopic (exact) mass is 765 g/mol. The Balaban J connectivity index is 1.11. The fraction of sp³-hybridized carbons (Fsp3) is 0.447. The Morgan fingerprint density at radius 3 is 2.54 bits per heavy atom. The van der Waals surface area contributed by atoms with Crippen molar-refractivity contribution >= 4 is 49.8 Å². The van der Waals surface area contributed by atoms with Crippen LogP contribution in [0.5, 0.6) is 5.88 Å². The summed E-state index contributed by atoms with van der Waals surface area (Å²) in [6.07, 6.45) is 3.80. The maximum absolute atomic E-state index is 14.2. The topological polar surface area (TPSA) is 161 Å². The summed E-state index contributed by atoms with van der Waals surface area (Å²) >= 11 is 0. The molecular weight excluding hydrogens is 728 g/mol. The average Bonchev–Trinajstić information content (AvgIpc) is 4.04. The van der Waals surface area contributed by atoms with Gasteiger partial charge in [0.1, 0.15) is 28.8 Å². The summed E-state index contributed by atoms with van der Waals surface area (Å²) in [5.74, 6) is -2.03. The molecule has 12 nitrogen and oxygen atoms in total. The summed E-state index contributed by atoms with van der Waals surface area (Å²) in [7, 11) is -3.89. The van der Waals surface area contributed by atoms with E-state index >= 15 is 0 Å². The number of allylic oxidation sites excluding steroid dienone is 1.